The number of nitrogens with one attached hydrogen (secondary N) is 2. The highest BCUT2D eigenvalue weighted by molar-refractivity contribution is 6.09. The number of carbonyl (C=O) groups is 2. The number of carbonyl (C=O) groups excluding carboxylic acids is 2. The molecule has 0 aromatic heterocycles. The Kier molecular flexibility index (Phi) is 5.52. The van der Waals surface area contributed by atoms with Gasteiger partial charge in [-0.15, -0.1) is 0 Å². The molecular weight excluding hydrogens is 350 g/mol. The highest BCUT2D eigenvalue weighted by Gasteiger charge is 2.15. The molecule has 0 aliphatic heterocycles. The lowest BCUT2D eigenvalue weighted by atomic mass is 9.95. The van der Waals surface area contributed by atoms with E-state index in [0.29, 0.717) is 33.6 Å². The second-order valence-electron chi connectivity index (χ2n) is 6.37. The molecule has 3 rings (SSSR count). The van der Waals surface area contributed by atoms with Gasteiger partial charge in [0.2, 0.25) is 5.91 Å². The summed E-state index contributed by atoms with van der Waals surface area (Å²) in [5.74, 6) is -0.417. The average Bonchev–Trinajstić information content (AvgIpc) is 2.69. The third kappa shape index (κ3) is 4.08. The van der Waals surface area contributed by atoms with Gasteiger partial charge in [0.25, 0.3) is 5.91 Å². The van der Waals surface area contributed by atoms with Crippen LogP contribution in [0.2, 0.25) is 0 Å². The Labute approximate surface area is 163 Å². The van der Waals surface area contributed by atoms with E-state index in [2.05, 4.69) is 16.7 Å². The van der Waals surface area contributed by atoms with Crippen molar-refractivity contribution in [3.8, 4) is 17.2 Å². The van der Waals surface area contributed by atoms with Crippen molar-refractivity contribution in [3.63, 3.8) is 0 Å². The SMILES string of the molecule is CC(=O)Nc1ccc(NC(=O)c2ccccc2-c2ccccc2C#N)cc1C. The lowest BCUT2D eigenvalue weighted by molar-refractivity contribution is -0.114. The molecule has 0 heterocycles. The fourth-order valence-corrected chi connectivity index (χ4v) is 3.00. The van der Waals surface area contributed by atoms with Gasteiger partial charge in [-0.25, -0.2) is 0 Å². The molecule has 0 spiro atoms. The molecule has 5 heteroatoms. The van der Waals surface area contributed by atoms with Gasteiger partial charge in [-0.05, 0) is 48.4 Å². The predicted molar refractivity (Wildman–Crippen MR) is 110 cm³/mol. The number of hydrogen-bond donors (Lipinski definition) is 2. The van der Waals surface area contributed by atoms with Gasteiger partial charge in [0.15, 0.2) is 0 Å². The largest absolute Gasteiger partial charge is 0.326 e. The van der Waals surface area contributed by atoms with Crippen LogP contribution in [0.3, 0.4) is 0 Å². The van der Waals surface area contributed by atoms with E-state index in [4.69, 9.17) is 0 Å². The molecule has 0 saturated heterocycles. The molecule has 0 saturated carbocycles. The molecule has 0 atom stereocenters. The van der Waals surface area contributed by atoms with E-state index in [1.54, 1.807) is 42.5 Å². The minimum Gasteiger partial charge on any atom is -0.326 e. The third-order valence-corrected chi connectivity index (χ3v) is 4.30. The zero-order valence-corrected chi connectivity index (χ0v) is 15.6. The van der Waals surface area contributed by atoms with Crippen LogP contribution in [0.4, 0.5) is 11.4 Å². The zero-order valence-electron chi connectivity index (χ0n) is 15.6. The molecule has 0 fully saturated rings. The Bertz CT molecular complexity index is 1100. The smallest absolute Gasteiger partial charge is 0.256 e. The molecule has 2 N–H and O–H groups in total. The van der Waals surface area contributed by atoms with Gasteiger partial charge < -0.3 is 10.6 Å². The van der Waals surface area contributed by atoms with Crippen LogP contribution in [0.15, 0.2) is 66.7 Å². The topological polar surface area (TPSA) is 82.0 Å². The molecule has 28 heavy (non-hydrogen) atoms. The second kappa shape index (κ2) is 8.19. The van der Waals surface area contributed by atoms with Gasteiger partial charge >= 0.3 is 0 Å². The van der Waals surface area contributed by atoms with Crippen molar-refractivity contribution >= 4 is 23.2 Å². The van der Waals surface area contributed by atoms with Gasteiger partial charge in [-0.1, -0.05) is 36.4 Å². The van der Waals surface area contributed by atoms with E-state index in [1.165, 1.54) is 6.92 Å². The Morgan fingerprint density at radius 2 is 1.57 bits per heavy atom. The Balaban J connectivity index is 1.92. The molecule has 3 aromatic carbocycles. The first kappa shape index (κ1) is 18.9. The van der Waals surface area contributed by atoms with Crippen LogP contribution >= 0.6 is 0 Å². The highest BCUT2D eigenvalue weighted by Crippen LogP contribution is 2.28. The van der Waals surface area contributed by atoms with Crippen molar-refractivity contribution in [1.29, 1.82) is 5.26 Å². The van der Waals surface area contributed by atoms with E-state index < -0.39 is 0 Å². The van der Waals surface area contributed by atoms with Crippen molar-refractivity contribution in [3.05, 3.63) is 83.4 Å². The fraction of sp³-hybridized carbons (Fsp3) is 0.0870. The standard InChI is InChI=1S/C23H19N3O2/c1-15-13-18(11-12-22(15)25-16(2)27)26-23(28)21-10-6-5-9-20(21)19-8-4-3-7-17(19)14-24/h3-13H,1-2H3,(H,25,27)(H,26,28). The number of anilines is 2. The summed E-state index contributed by atoms with van der Waals surface area (Å²) >= 11 is 0. The van der Waals surface area contributed by atoms with Crippen LogP contribution in [0.1, 0.15) is 28.4 Å². The van der Waals surface area contributed by atoms with Gasteiger partial charge in [0.1, 0.15) is 0 Å². The van der Waals surface area contributed by atoms with Crippen LogP contribution < -0.4 is 10.6 Å². The number of nitrogens with zero attached hydrogens (tertiary/aromatic N) is 1. The van der Waals surface area contributed by atoms with Gasteiger partial charge in [0.05, 0.1) is 11.6 Å². The maximum Gasteiger partial charge on any atom is 0.256 e. The summed E-state index contributed by atoms with van der Waals surface area (Å²) in [7, 11) is 0. The lowest BCUT2D eigenvalue weighted by Crippen LogP contribution is -2.14. The number of benzene rings is 3. The number of aryl methyl sites for hydroxylation is 1. The van der Waals surface area contributed by atoms with Crippen LogP contribution in [-0.4, -0.2) is 11.8 Å². The summed E-state index contributed by atoms with van der Waals surface area (Å²) in [6.45, 7) is 3.31. The summed E-state index contributed by atoms with van der Waals surface area (Å²) in [5, 5.41) is 15.0. The van der Waals surface area contributed by atoms with Gasteiger partial charge in [0, 0.05) is 29.4 Å². The molecule has 0 aliphatic rings. The molecule has 0 bridgehead atoms. The molecule has 0 aliphatic carbocycles. The van der Waals surface area contributed by atoms with Gasteiger partial charge in [-0.2, -0.15) is 5.26 Å². The molecule has 0 radical (unpaired) electrons. The summed E-state index contributed by atoms with van der Waals surface area (Å²) < 4.78 is 0. The first-order valence-corrected chi connectivity index (χ1v) is 8.77. The molecule has 2 amide bonds. The quantitative estimate of drug-likeness (QED) is 0.696. The molecule has 138 valence electrons. The Morgan fingerprint density at radius 3 is 2.25 bits per heavy atom. The highest BCUT2D eigenvalue weighted by atomic mass is 16.2. The molecular formula is C23H19N3O2. The number of amides is 2. The monoisotopic (exact) mass is 369 g/mol. The molecule has 0 unspecified atom stereocenters. The summed E-state index contributed by atoms with van der Waals surface area (Å²) in [6, 6.07) is 21.9. The van der Waals surface area contributed by atoms with E-state index in [0.717, 1.165) is 5.56 Å². The van der Waals surface area contributed by atoms with Crippen LogP contribution in [-0.2, 0) is 4.79 Å². The second-order valence-corrected chi connectivity index (χ2v) is 6.37. The maximum atomic E-state index is 12.9. The number of nitriles is 1. The van der Waals surface area contributed by atoms with Crippen molar-refractivity contribution in [1.82, 2.24) is 0 Å². The number of rotatable bonds is 4. The summed E-state index contributed by atoms with van der Waals surface area (Å²) in [6.07, 6.45) is 0. The van der Waals surface area contributed by atoms with Crippen molar-refractivity contribution in [2.45, 2.75) is 13.8 Å². The van der Waals surface area contributed by atoms with Crippen molar-refractivity contribution in [2.24, 2.45) is 0 Å². The predicted octanol–water partition coefficient (Wildman–Crippen LogP) is 4.74. The number of hydrogen-bond acceptors (Lipinski definition) is 3. The summed E-state index contributed by atoms with van der Waals surface area (Å²) in [5.41, 5.74) is 4.58. The van der Waals surface area contributed by atoms with E-state index in [1.807, 2.05) is 31.2 Å². The van der Waals surface area contributed by atoms with Gasteiger partial charge in [-0.3, -0.25) is 9.59 Å². The van der Waals surface area contributed by atoms with E-state index in [9.17, 15) is 14.9 Å². The minimum atomic E-state index is -0.269. The zero-order chi connectivity index (χ0) is 20.1. The van der Waals surface area contributed by atoms with Crippen molar-refractivity contribution in [2.75, 3.05) is 10.6 Å². The minimum absolute atomic E-state index is 0.148. The summed E-state index contributed by atoms with van der Waals surface area (Å²) in [4.78, 5) is 24.2. The molecule has 5 nitrogen and oxygen atoms in total. The Hall–Kier alpha value is -3.91. The maximum absolute atomic E-state index is 12.9. The first-order valence-electron chi connectivity index (χ1n) is 8.77. The fourth-order valence-electron chi connectivity index (χ4n) is 3.00. The lowest BCUT2D eigenvalue weighted by Gasteiger charge is -2.13. The van der Waals surface area contributed by atoms with Crippen LogP contribution in [0, 0.1) is 18.3 Å². The van der Waals surface area contributed by atoms with Crippen LogP contribution in [0.5, 0.6) is 0 Å². The Morgan fingerprint density at radius 1 is 0.893 bits per heavy atom. The average molecular weight is 369 g/mol. The van der Waals surface area contributed by atoms with E-state index >= 15 is 0 Å². The molecule has 3 aromatic rings. The third-order valence-electron chi connectivity index (χ3n) is 4.30. The van der Waals surface area contributed by atoms with Crippen molar-refractivity contribution < 1.29 is 9.59 Å². The normalized spacial score (nSPS) is 10.0. The first-order chi connectivity index (χ1) is 13.5. The van der Waals surface area contributed by atoms with Crippen LogP contribution in [0.25, 0.3) is 11.1 Å². The van der Waals surface area contributed by atoms with E-state index in [-0.39, 0.29) is 11.8 Å².